The molecule has 140 valence electrons. The SMILES string of the molecule is CNC(=O)N(S)C(c1cc(F)c(N2CCOCC2)c(F)c1)c1cn[nH]n1. The van der Waals surface area contributed by atoms with Crippen molar-refractivity contribution in [3.8, 4) is 0 Å². The lowest BCUT2D eigenvalue weighted by molar-refractivity contribution is 0.122. The molecule has 2 N–H and O–H groups in total. The lowest BCUT2D eigenvalue weighted by Crippen LogP contribution is -2.37. The van der Waals surface area contributed by atoms with Crippen molar-refractivity contribution in [2.45, 2.75) is 6.04 Å². The van der Waals surface area contributed by atoms with Crippen LogP contribution in [0, 0.1) is 11.6 Å². The summed E-state index contributed by atoms with van der Waals surface area (Å²) in [7, 11) is 1.42. The second-order valence-electron chi connectivity index (χ2n) is 5.63. The third-order valence-corrected chi connectivity index (χ3v) is 4.48. The lowest BCUT2D eigenvalue weighted by Gasteiger charge is -2.30. The van der Waals surface area contributed by atoms with Gasteiger partial charge in [-0.3, -0.25) is 4.31 Å². The Bertz CT molecular complexity index is 746. The standard InChI is InChI=1S/C15H18F2N6O2S/c1-18-15(24)23(26)13(12-8-19-21-20-12)9-6-10(16)14(11(17)7-9)22-2-4-25-5-3-22/h6-8,13,26H,2-5H2,1H3,(H,18,24)(H,19,20,21). The number of morpholine rings is 1. The molecule has 26 heavy (non-hydrogen) atoms. The van der Waals surface area contributed by atoms with Gasteiger partial charge in [-0.1, -0.05) is 12.8 Å². The van der Waals surface area contributed by atoms with Crippen LogP contribution in [0.1, 0.15) is 17.3 Å². The second kappa shape index (κ2) is 7.87. The first-order valence-corrected chi connectivity index (χ1v) is 8.30. The fourth-order valence-corrected chi connectivity index (χ4v) is 3.19. The Hall–Kier alpha value is -2.40. The zero-order valence-electron chi connectivity index (χ0n) is 13.9. The zero-order chi connectivity index (χ0) is 18.7. The number of aromatic amines is 1. The zero-order valence-corrected chi connectivity index (χ0v) is 14.8. The first-order chi connectivity index (χ1) is 12.5. The Morgan fingerprint density at radius 3 is 2.58 bits per heavy atom. The monoisotopic (exact) mass is 384 g/mol. The van der Waals surface area contributed by atoms with Crippen LogP contribution >= 0.6 is 12.8 Å². The molecule has 1 aromatic carbocycles. The Balaban J connectivity index is 2.01. The van der Waals surface area contributed by atoms with Gasteiger partial charge in [-0.15, -0.1) is 0 Å². The Morgan fingerprint density at radius 1 is 1.38 bits per heavy atom. The molecule has 0 spiro atoms. The van der Waals surface area contributed by atoms with Gasteiger partial charge in [-0.25, -0.2) is 13.6 Å². The minimum atomic E-state index is -0.931. The normalized spacial score (nSPS) is 15.6. The van der Waals surface area contributed by atoms with E-state index in [1.165, 1.54) is 25.4 Å². The molecule has 1 aromatic heterocycles. The van der Waals surface area contributed by atoms with Crippen molar-refractivity contribution in [1.29, 1.82) is 0 Å². The number of nitrogens with one attached hydrogen (secondary N) is 2. The number of rotatable bonds is 4. The summed E-state index contributed by atoms with van der Waals surface area (Å²) in [6, 6.07) is 0.873. The van der Waals surface area contributed by atoms with Gasteiger partial charge in [-0.05, 0) is 17.7 Å². The number of hydrogen-bond acceptors (Lipinski definition) is 6. The van der Waals surface area contributed by atoms with E-state index in [9.17, 15) is 13.6 Å². The molecule has 1 saturated heterocycles. The average Bonchev–Trinajstić information content (AvgIpc) is 3.15. The number of carbonyl (C=O) groups excluding carboxylic acids is 1. The highest BCUT2D eigenvalue weighted by molar-refractivity contribution is 7.78. The third kappa shape index (κ3) is 3.58. The Morgan fingerprint density at radius 2 is 2.04 bits per heavy atom. The molecule has 8 nitrogen and oxygen atoms in total. The Labute approximate surface area is 154 Å². The van der Waals surface area contributed by atoms with Crippen LogP contribution in [-0.2, 0) is 4.74 Å². The number of anilines is 1. The number of benzene rings is 1. The van der Waals surface area contributed by atoms with Crippen molar-refractivity contribution < 1.29 is 18.3 Å². The maximum Gasteiger partial charge on any atom is 0.327 e. The fourth-order valence-electron chi connectivity index (χ4n) is 2.84. The van der Waals surface area contributed by atoms with E-state index in [4.69, 9.17) is 4.74 Å². The van der Waals surface area contributed by atoms with Crippen molar-refractivity contribution >= 4 is 24.5 Å². The molecule has 1 aliphatic rings. The van der Waals surface area contributed by atoms with Gasteiger partial charge < -0.3 is 15.0 Å². The number of urea groups is 1. The molecule has 1 aliphatic heterocycles. The van der Waals surface area contributed by atoms with Crippen LogP contribution in [0.4, 0.5) is 19.3 Å². The maximum atomic E-state index is 14.7. The van der Waals surface area contributed by atoms with Crippen LogP contribution in [0.25, 0.3) is 0 Å². The van der Waals surface area contributed by atoms with E-state index >= 15 is 0 Å². The number of hydrogen-bond donors (Lipinski definition) is 3. The van der Waals surface area contributed by atoms with Gasteiger partial charge in [0, 0.05) is 20.1 Å². The van der Waals surface area contributed by atoms with E-state index in [0.717, 1.165) is 4.31 Å². The minimum absolute atomic E-state index is 0.110. The fraction of sp³-hybridized carbons (Fsp3) is 0.400. The molecule has 1 atom stereocenters. The first-order valence-electron chi connectivity index (χ1n) is 7.90. The van der Waals surface area contributed by atoms with E-state index in [0.29, 0.717) is 32.0 Å². The summed E-state index contributed by atoms with van der Waals surface area (Å²) >= 11 is 4.16. The number of nitrogens with zero attached hydrogens (tertiary/aromatic N) is 4. The average molecular weight is 384 g/mol. The van der Waals surface area contributed by atoms with E-state index < -0.39 is 23.7 Å². The molecule has 0 radical (unpaired) electrons. The van der Waals surface area contributed by atoms with E-state index in [1.807, 2.05) is 0 Å². The van der Waals surface area contributed by atoms with Crippen molar-refractivity contribution in [2.24, 2.45) is 0 Å². The van der Waals surface area contributed by atoms with Gasteiger partial charge in [0.1, 0.15) is 29.1 Å². The lowest BCUT2D eigenvalue weighted by atomic mass is 10.0. The maximum absolute atomic E-state index is 14.7. The topological polar surface area (TPSA) is 86.4 Å². The molecule has 2 heterocycles. The number of amides is 2. The van der Waals surface area contributed by atoms with E-state index in [-0.39, 0.29) is 11.3 Å². The summed E-state index contributed by atoms with van der Waals surface area (Å²) in [6.07, 6.45) is 1.36. The van der Waals surface area contributed by atoms with E-state index in [1.54, 1.807) is 4.90 Å². The van der Waals surface area contributed by atoms with Gasteiger partial charge in [0.15, 0.2) is 0 Å². The summed E-state index contributed by atoms with van der Waals surface area (Å²) in [6.45, 7) is 1.61. The molecule has 0 aliphatic carbocycles. The smallest absolute Gasteiger partial charge is 0.327 e. The van der Waals surface area contributed by atoms with Crippen LogP contribution in [0.5, 0.6) is 0 Å². The number of ether oxygens (including phenoxy) is 1. The predicted octanol–water partition coefficient (Wildman–Crippen LogP) is 1.50. The minimum Gasteiger partial charge on any atom is -0.378 e. The van der Waals surface area contributed by atoms with Crippen LogP contribution in [0.3, 0.4) is 0 Å². The van der Waals surface area contributed by atoms with Crippen LogP contribution in [-0.4, -0.2) is 59.1 Å². The molecule has 1 fully saturated rings. The van der Waals surface area contributed by atoms with Crippen LogP contribution in [0.2, 0.25) is 0 Å². The largest absolute Gasteiger partial charge is 0.378 e. The third-order valence-electron chi connectivity index (χ3n) is 4.06. The molecule has 2 aromatic rings. The molecule has 1 unspecified atom stereocenters. The Kier molecular flexibility index (Phi) is 5.57. The van der Waals surface area contributed by atoms with Crippen molar-refractivity contribution in [3.05, 3.63) is 41.2 Å². The summed E-state index contributed by atoms with van der Waals surface area (Å²) in [5.74, 6) is -1.46. The quantitative estimate of drug-likeness (QED) is 0.696. The molecular formula is C15H18F2N6O2S. The highest BCUT2D eigenvalue weighted by Gasteiger charge is 2.29. The van der Waals surface area contributed by atoms with Crippen molar-refractivity contribution in [2.75, 3.05) is 38.3 Å². The van der Waals surface area contributed by atoms with Crippen molar-refractivity contribution in [3.63, 3.8) is 0 Å². The summed E-state index contributed by atoms with van der Waals surface area (Å²) in [5.41, 5.74) is 0.368. The molecule has 3 rings (SSSR count). The first kappa shape index (κ1) is 18.4. The molecule has 2 amide bonds. The molecule has 0 bridgehead atoms. The number of thiol groups is 1. The molecule has 0 saturated carbocycles. The van der Waals surface area contributed by atoms with Crippen molar-refractivity contribution in [1.82, 2.24) is 25.0 Å². The highest BCUT2D eigenvalue weighted by Crippen LogP contribution is 2.33. The van der Waals surface area contributed by atoms with Crippen LogP contribution in [0.15, 0.2) is 18.3 Å². The predicted molar refractivity (Wildman–Crippen MR) is 92.9 cm³/mol. The van der Waals surface area contributed by atoms with Crippen LogP contribution < -0.4 is 10.2 Å². The summed E-state index contributed by atoms with van der Waals surface area (Å²) in [4.78, 5) is 13.6. The summed E-state index contributed by atoms with van der Waals surface area (Å²) < 4.78 is 35.7. The number of aromatic nitrogens is 3. The van der Waals surface area contributed by atoms with Gasteiger partial charge in [-0.2, -0.15) is 15.4 Å². The van der Waals surface area contributed by atoms with Gasteiger partial charge in [0.2, 0.25) is 0 Å². The second-order valence-corrected chi connectivity index (χ2v) is 6.06. The van der Waals surface area contributed by atoms with Gasteiger partial charge in [0.25, 0.3) is 0 Å². The van der Waals surface area contributed by atoms with Gasteiger partial charge >= 0.3 is 6.03 Å². The molecular weight excluding hydrogens is 366 g/mol. The number of H-pyrrole nitrogens is 1. The summed E-state index contributed by atoms with van der Waals surface area (Å²) in [5, 5.41) is 12.5. The number of halogens is 2. The highest BCUT2D eigenvalue weighted by atomic mass is 32.1. The van der Waals surface area contributed by atoms with Gasteiger partial charge in [0.05, 0.1) is 19.4 Å². The molecule has 11 heteroatoms. The van der Waals surface area contributed by atoms with E-state index in [2.05, 4.69) is 33.5 Å². The number of carbonyl (C=O) groups is 1.